The van der Waals surface area contributed by atoms with Crippen molar-refractivity contribution in [3.63, 3.8) is 0 Å². The van der Waals surface area contributed by atoms with Gasteiger partial charge >= 0.3 is 0 Å². The molecule has 1 rings (SSSR count). The first kappa shape index (κ1) is 18.5. The Balaban J connectivity index is 2.75. The largest absolute Gasteiger partial charge is 0.342 e. The monoisotopic (exact) mass is 296 g/mol. The van der Waals surface area contributed by atoms with Crippen LogP contribution in [-0.2, 0) is 4.79 Å². The standard InChI is InChI=1S/C18H36N2O/c1-15(2)8-12-20(13-9-16(3)4)17(21)18(14-19)10-6-5-7-11-18/h15-16H,5-14,19H2,1-4H3. The Labute approximate surface area is 131 Å². The van der Waals surface area contributed by atoms with Gasteiger partial charge in [-0.05, 0) is 37.5 Å². The third kappa shape index (κ3) is 5.61. The molecule has 1 aliphatic carbocycles. The Kier molecular flexibility index (Phi) is 7.72. The van der Waals surface area contributed by atoms with Crippen LogP contribution in [-0.4, -0.2) is 30.4 Å². The molecule has 21 heavy (non-hydrogen) atoms. The van der Waals surface area contributed by atoms with Gasteiger partial charge in [-0.25, -0.2) is 0 Å². The van der Waals surface area contributed by atoms with Crippen LogP contribution in [0.15, 0.2) is 0 Å². The van der Waals surface area contributed by atoms with Crippen LogP contribution in [0.25, 0.3) is 0 Å². The predicted octanol–water partition coefficient (Wildman–Crippen LogP) is 3.82. The van der Waals surface area contributed by atoms with Crippen molar-refractivity contribution >= 4 is 5.91 Å². The summed E-state index contributed by atoms with van der Waals surface area (Å²) in [5, 5.41) is 0. The molecule has 1 aliphatic rings. The van der Waals surface area contributed by atoms with Crippen LogP contribution >= 0.6 is 0 Å². The molecule has 0 spiro atoms. The average molecular weight is 296 g/mol. The van der Waals surface area contributed by atoms with Crippen molar-refractivity contribution in [3.8, 4) is 0 Å². The van der Waals surface area contributed by atoms with Crippen LogP contribution in [0, 0.1) is 17.3 Å². The highest BCUT2D eigenvalue weighted by atomic mass is 16.2. The van der Waals surface area contributed by atoms with Gasteiger partial charge in [0.05, 0.1) is 5.41 Å². The molecular formula is C18H36N2O. The number of carbonyl (C=O) groups is 1. The maximum Gasteiger partial charge on any atom is 0.230 e. The molecule has 1 fully saturated rings. The van der Waals surface area contributed by atoms with Gasteiger partial charge in [0.25, 0.3) is 0 Å². The van der Waals surface area contributed by atoms with Crippen LogP contribution in [0.2, 0.25) is 0 Å². The first-order valence-electron chi connectivity index (χ1n) is 8.90. The molecule has 0 saturated heterocycles. The second-order valence-corrected chi connectivity index (χ2v) is 7.70. The third-order valence-electron chi connectivity index (χ3n) is 4.90. The number of carbonyl (C=O) groups excluding carboxylic acids is 1. The summed E-state index contributed by atoms with van der Waals surface area (Å²) in [6.07, 6.45) is 7.72. The summed E-state index contributed by atoms with van der Waals surface area (Å²) in [5.41, 5.74) is 5.78. The predicted molar refractivity (Wildman–Crippen MR) is 90.1 cm³/mol. The molecule has 2 N–H and O–H groups in total. The van der Waals surface area contributed by atoms with E-state index < -0.39 is 0 Å². The van der Waals surface area contributed by atoms with Crippen LogP contribution in [0.3, 0.4) is 0 Å². The zero-order valence-corrected chi connectivity index (χ0v) is 14.7. The van der Waals surface area contributed by atoms with Gasteiger partial charge in [-0.15, -0.1) is 0 Å². The van der Waals surface area contributed by atoms with E-state index in [0.717, 1.165) is 51.6 Å². The molecule has 0 bridgehead atoms. The third-order valence-corrected chi connectivity index (χ3v) is 4.90. The molecule has 0 aliphatic heterocycles. The fourth-order valence-electron chi connectivity index (χ4n) is 3.21. The Hall–Kier alpha value is -0.570. The molecule has 1 saturated carbocycles. The fourth-order valence-corrected chi connectivity index (χ4v) is 3.21. The first-order chi connectivity index (χ1) is 9.91. The van der Waals surface area contributed by atoms with Crippen molar-refractivity contribution in [1.29, 1.82) is 0 Å². The summed E-state index contributed by atoms with van der Waals surface area (Å²) in [4.78, 5) is 15.2. The summed E-state index contributed by atoms with van der Waals surface area (Å²) in [7, 11) is 0. The summed E-state index contributed by atoms with van der Waals surface area (Å²) < 4.78 is 0. The SMILES string of the molecule is CC(C)CCN(CCC(C)C)C(=O)C1(CN)CCCCC1. The van der Waals surface area contributed by atoms with Crippen LogP contribution in [0.1, 0.15) is 72.6 Å². The molecule has 0 aromatic carbocycles. The lowest BCUT2D eigenvalue weighted by Gasteiger charge is -2.39. The highest BCUT2D eigenvalue weighted by Gasteiger charge is 2.40. The molecule has 3 nitrogen and oxygen atoms in total. The van der Waals surface area contributed by atoms with Gasteiger partial charge in [-0.2, -0.15) is 0 Å². The molecule has 124 valence electrons. The molecule has 0 radical (unpaired) electrons. The van der Waals surface area contributed by atoms with Crippen LogP contribution in [0.4, 0.5) is 0 Å². The molecular weight excluding hydrogens is 260 g/mol. The van der Waals surface area contributed by atoms with Gasteiger partial charge in [0.2, 0.25) is 5.91 Å². The summed E-state index contributed by atoms with van der Waals surface area (Å²) in [5.74, 6) is 1.62. The highest BCUT2D eigenvalue weighted by Crippen LogP contribution is 2.37. The summed E-state index contributed by atoms with van der Waals surface area (Å²) >= 11 is 0. The Morgan fingerprint density at radius 2 is 1.48 bits per heavy atom. The van der Waals surface area contributed by atoms with E-state index in [1.165, 1.54) is 6.42 Å². The lowest BCUT2D eigenvalue weighted by atomic mass is 9.73. The van der Waals surface area contributed by atoms with Crippen molar-refractivity contribution in [2.45, 2.75) is 72.6 Å². The normalized spacial score (nSPS) is 18.2. The second-order valence-electron chi connectivity index (χ2n) is 7.70. The molecule has 1 amide bonds. The quantitative estimate of drug-likeness (QED) is 0.740. The number of nitrogens with zero attached hydrogens (tertiary/aromatic N) is 1. The number of hydrogen-bond acceptors (Lipinski definition) is 2. The van der Waals surface area contributed by atoms with Gasteiger partial charge in [0.15, 0.2) is 0 Å². The van der Waals surface area contributed by atoms with Crippen molar-refractivity contribution in [2.24, 2.45) is 23.0 Å². The second kappa shape index (κ2) is 8.77. The smallest absolute Gasteiger partial charge is 0.230 e. The van der Waals surface area contributed by atoms with Crippen LogP contribution < -0.4 is 5.73 Å². The zero-order chi connectivity index (χ0) is 15.9. The number of rotatable bonds is 8. The van der Waals surface area contributed by atoms with Crippen molar-refractivity contribution < 1.29 is 4.79 Å². The van der Waals surface area contributed by atoms with Crippen LogP contribution in [0.5, 0.6) is 0 Å². The number of hydrogen-bond donors (Lipinski definition) is 1. The number of amides is 1. The first-order valence-corrected chi connectivity index (χ1v) is 8.90. The molecule has 0 aromatic heterocycles. The molecule has 0 atom stereocenters. The van der Waals surface area contributed by atoms with E-state index in [1.54, 1.807) is 0 Å². The van der Waals surface area contributed by atoms with E-state index in [2.05, 4.69) is 32.6 Å². The van der Waals surface area contributed by atoms with Crippen molar-refractivity contribution in [3.05, 3.63) is 0 Å². The summed E-state index contributed by atoms with van der Waals surface area (Å²) in [6, 6.07) is 0. The van der Waals surface area contributed by atoms with E-state index in [-0.39, 0.29) is 5.41 Å². The molecule has 0 heterocycles. The maximum atomic E-state index is 13.1. The Morgan fingerprint density at radius 1 is 1.00 bits per heavy atom. The minimum absolute atomic E-state index is 0.258. The molecule has 3 heteroatoms. The van der Waals surface area contributed by atoms with Crippen molar-refractivity contribution in [2.75, 3.05) is 19.6 Å². The lowest BCUT2D eigenvalue weighted by molar-refractivity contribution is -0.144. The van der Waals surface area contributed by atoms with Gasteiger partial charge in [-0.3, -0.25) is 4.79 Å². The maximum absolute atomic E-state index is 13.1. The Bertz CT molecular complexity index is 294. The van der Waals surface area contributed by atoms with Gasteiger partial charge in [0, 0.05) is 19.6 Å². The lowest BCUT2D eigenvalue weighted by Crippen LogP contribution is -2.50. The minimum Gasteiger partial charge on any atom is -0.342 e. The zero-order valence-electron chi connectivity index (χ0n) is 14.7. The van der Waals surface area contributed by atoms with Crippen molar-refractivity contribution in [1.82, 2.24) is 4.90 Å². The summed E-state index contributed by atoms with van der Waals surface area (Å²) in [6.45, 7) is 11.2. The topological polar surface area (TPSA) is 46.3 Å². The molecule has 0 unspecified atom stereocenters. The van der Waals surface area contributed by atoms with Gasteiger partial charge in [-0.1, -0.05) is 47.0 Å². The minimum atomic E-state index is -0.258. The van der Waals surface area contributed by atoms with E-state index in [0.29, 0.717) is 24.3 Å². The van der Waals surface area contributed by atoms with Gasteiger partial charge < -0.3 is 10.6 Å². The highest BCUT2D eigenvalue weighted by molar-refractivity contribution is 5.83. The Morgan fingerprint density at radius 3 is 1.86 bits per heavy atom. The average Bonchev–Trinajstić information content (AvgIpc) is 2.47. The van der Waals surface area contributed by atoms with E-state index >= 15 is 0 Å². The fraction of sp³-hybridized carbons (Fsp3) is 0.944. The van der Waals surface area contributed by atoms with E-state index in [9.17, 15) is 4.79 Å². The number of nitrogens with two attached hydrogens (primary N) is 1. The molecule has 0 aromatic rings. The van der Waals surface area contributed by atoms with E-state index in [1.807, 2.05) is 0 Å². The van der Waals surface area contributed by atoms with E-state index in [4.69, 9.17) is 5.73 Å². The van der Waals surface area contributed by atoms with Gasteiger partial charge in [0.1, 0.15) is 0 Å².